The van der Waals surface area contributed by atoms with Gasteiger partial charge in [0.15, 0.2) is 0 Å². The Hall–Kier alpha value is -0.730. The lowest BCUT2D eigenvalue weighted by Crippen LogP contribution is -1.94. The highest BCUT2D eigenvalue weighted by Gasteiger charge is 2.03. The van der Waals surface area contributed by atoms with Crippen LogP contribution in [0, 0.1) is 5.82 Å². The average molecular weight is 234 g/mol. The van der Waals surface area contributed by atoms with Crippen LogP contribution in [-0.2, 0) is 0 Å². The van der Waals surface area contributed by atoms with E-state index in [1.807, 2.05) is 6.08 Å². The van der Waals surface area contributed by atoms with Crippen LogP contribution in [0.1, 0.15) is 12.0 Å². The van der Waals surface area contributed by atoms with E-state index in [-0.39, 0.29) is 5.69 Å². The molecule has 0 radical (unpaired) electrons. The molecule has 1 nitrogen and oxygen atoms in total. The third kappa shape index (κ3) is 2.89. The first kappa shape index (κ1) is 11.3. The predicted octanol–water partition coefficient (Wildman–Crippen LogP) is 3.70. The molecule has 0 aromatic heterocycles. The molecule has 2 N–H and O–H groups in total. The summed E-state index contributed by atoms with van der Waals surface area (Å²) in [6, 6.07) is 2.81. The van der Waals surface area contributed by atoms with Gasteiger partial charge in [0.1, 0.15) is 5.82 Å². The van der Waals surface area contributed by atoms with Gasteiger partial charge in [0, 0.05) is 16.5 Å². The zero-order valence-electron chi connectivity index (χ0n) is 7.43. The van der Waals surface area contributed by atoms with Crippen molar-refractivity contribution < 1.29 is 4.39 Å². The highest BCUT2D eigenvalue weighted by atomic mass is 35.5. The van der Waals surface area contributed by atoms with Crippen LogP contribution >= 0.6 is 23.2 Å². The Morgan fingerprint density at radius 3 is 2.79 bits per heavy atom. The Labute approximate surface area is 92.3 Å². The number of rotatable bonds is 3. The SMILES string of the molecule is Nc1c(F)cc(Cl)cc1C=CCCCl. The molecule has 1 aromatic rings. The van der Waals surface area contributed by atoms with Crippen molar-refractivity contribution in [2.24, 2.45) is 0 Å². The fraction of sp³-hybridized carbons (Fsp3) is 0.200. The highest BCUT2D eigenvalue weighted by Crippen LogP contribution is 2.23. The molecule has 0 fully saturated rings. The fourth-order valence-electron chi connectivity index (χ4n) is 1.02. The Morgan fingerprint density at radius 2 is 2.14 bits per heavy atom. The van der Waals surface area contributed by atoms with Gasteiger partial charge in [-0.25, -0.2) is 4.39 Å². The third-order valence-electron chi connectivity index (χ3n) is 1.70. The molecule has 0 bridgehead atoms. The minimum Gasteiger partial charge on any atom is -0.396 e. The van der Waals surface area contributed by atoms with Gasteiger partial charge in [0.05, 0.1) is 5.69 Å². The van der Waals surface area contributed by atoms with Gasteiger partial charge in [0.25, 0.3) is 0 Å². The van der Waals surface area contributed by atoms with Crippen LogP contribution in [0.3, 0.4) is 0 Å². The minimum absolute atomic E-state index is 0.111. The zero-order chi connectivity index (χ0) is 10.6. The maximum atomic E-state index is 13.1. The van der Waals surface area contributed by atoms with Crippen molar-refractivity contribution in [1.82, 2.24) is 0 Å². The molecular weight excluding hydrogens is 224 g/mol. The van der Waals surface area contributed by atoms with Crippen LogP contribution in [0.5, 0.6) is 0 Å². The number of anilines is 1. The molecule has 1 rings (SSSR count). The van der Waals surface area contributed by atoms with E-state index in [0.717, 1.165) is 6.42 Å². The van der Waals surface area contributed by atoms with E-state index in [4.69, 9.17) is 28.9 Å². The Bertz CT molecular complexity index is 350. The van der Waals surface area contributed by atoms with Gasteiger partial charge in [-0.05, 0) is 18.6 Å². The molecule has 0 aliphatic carbocycles. The molecule has 0 heterocycles. The van der Waals surface area contributed by atoms with E-state index in [0.29, 0.717) is 16.5 Å². The summed E-state index contributed by atoms with van der Waals surface area (Å²) in [5, 5.41) is 0.335. The van der Waals surface area contributed by atoms with Crippen LogP contribution in [-0.4, -0.2) is 5.88 Å². The number of hydrogen-bond donors (Lipinski definition) is 1. The van der Waals surface area contributed by atoms with E-state index in [1.165, 1.54) is 6.07 Å². The van der Waals surface area contributed by atoms with Crippen molar-refractivity contribution >= 4 is 35.0 Å². The summed E-state index contributed by atoms with van der Waals surface area (Å²) >= 11 is 11.2. The van der Waals surface area contributed by atoms with Crippen LogP contribution < -0.4 is 5.73 Å². The lowest BCUT2D eigenvalue weighted by molar-refractivity contribution is 0.632. The van der Waals surface area contributed by atoms with Gasteiger partial charge in [-0.1, -0.05) is 23.8 Å². The number of alkyl halides is 1. The summed E-state index contributed by atoms with van der Waals surface area (Å²) < 4.78 is 13.1. The molecule has 4 heteroatoms. The second-order valence-electron chi connectivity index (χ2n) is 2.77. The molecule has 1 aromatic carbocycles. The molecule has 0 atom stereocenters. The third-order valence-corrected chi connectivity index (χ3v) is 2.14. The molecule has 0 aliphatic heterocycles. The molecule has 0 spiro atoms. The van der Waals surface area contributed by atoms with Crippen molar-refractivity contribution in [3.63, 3.8) is 0 Å². The molecule has 0 saturated carbocycles. The molecular formula is C10H10Cl2FN. The number of benzene rings is 1. The van der Waals surface area contributed by atoms with Crippen molar-refractivity contribution in [2.75, 3.05) is 11.6 Å². The smallest absolute Gasteiger partial charge is 0.148 e. The van der Waals surface area contributed by atoms with Crippen LogP contribution in [0.25, 0.3) is 6.08 Å². The number of nitrogen functional groups attached to an aromatic ring is 1. The second-order valence-corrected chi connectivity index (χ2v) is 3.58. The maximum Gasteiger partial charge on any atom is 0.148 e. The van der Waals surface area contributed by atoms with Gasteiger partial charge in [-0.2, -0.15) is 0 Å². The van der Waals surface area contributed by atoms with Gasteiger partial charge in [-0.3, -0.25) is 0 Å². The summed E-state index contributed by atoms with van der Waals surface area (Å²) in [7, 11) is 0. The molecule has 0 amide bonds. The van der Waals surface area contributed by atoms with Gasteiger partial charge < -0.3 is 5.73 Å². The largest absolute Gasteiger partial charge is 0.396 e. The molecule has 0 saturated heterocycles. The summed E-state index contributed by atoms with van der Waals surface area (Å²) in [5.41, 5.74) is 6.21. The normalized spacial score (nSPS) is 11.1. The van der Waals surface area contributed by atoms with E-state index >= 15 is 0 Å². The summed E-state index contributed by atoms with van der Waals surface area (Å²) in [4.78, 5) is 0. The zero-order valence-corrected chi connectivity index (χ0v) is 8.95. The van der Waals surface area contributed by atoms with Crippen molar-refractivity contribution in [3.05, 3.63) is 34.6 Å². The molecule has 0 unspecified atom stereocenters. The standard InChI is InChI=1S/C10H10Cl2FN/c11-4-2-1-3-7-5-8(12)6-9(13)10(7)14/h1,3,5-6H,2,4,14H2. The van der Waals surface area contributed by atoms with Gasteiger partial charge in [0.2, 0.25) is 0 Å². The summed E-state index contributed by atoms with van der Waals surface area (Å²) in [6.45, 7) is 0. The van der Waals surface area contributed by atoms with Crippen LogP contribution in [0.2, 0.25) is 5.02 Å². The van der Waals surface area contributed by atoms with Gasteiger partial charge in [-0.15, -0.1) is 11.6 Å². The van der Waals surface area contributed by atoms with Crippen LogP contribution in [0.15, 0.2) is 18.2 Å². The van der Waals surface area contributed by atoms with Crippen LogP contribution in [0.4, 0.5) is 10.1 Å². The van der Waals surface area contributed by atoms with Gasteiger partial charge >= 0.3 is 0 Å². The first-order valence-corrected chi connectivity index (χ1v) is 5.03. The number of hydrogen-bond acceptors (Lipinski definition) is 1. The first-order chi connectivity index (χ1) is 6.65. The lowest BCUT2D eigenvalue weighted by atomic mass is 10.1. The number of nitrogens with two attached hydrogens (primary N) is 1. The van der Waals surface area contributed by atoms with E-state index < -0.39 is 5.82 Å². The number of halogens is 3. The lowest BCUT2D eigenvalue weighted by Gasteiger charge is -2.02. The molecule has 76 valence electrons. The Balaban J connectivity index is 2.96. The maximum absolute atomic E-state index is 13.1. The molecule has 0 aliphatic rings. The quantitative estimate of drug-likeness (QED) is 0.626. The predicted molar refractivity (Wildman–Crippen MR) is 60.2 cm³/mol. The Kier molecular flexibility index (Phi) is 4.23. The fourth-order valence-corrected chi connectivity index (χ4v) is 1.36. The van der Waals surface area contributed by atoms with E-state index in [2.05, 4.69) is 0 Å². The first-order valence-electron chi connectivity index (χ1n) is 4.12. The second kappa shape index (κ2) is 5.23. The average Bonchev–Trinajstić information content (AvgIpc) is 2.13. The van der Waals surface area contributed by atoms with E-state index in [9.17, 15) is 4.39 Å². The molecule has 14 heavy (non-hydrogen) atoms. The van der Waals surface area contributed by atoms with Crippen molar-refractivity contribution in [1.29, 1.82) is 0 Å². The monoisotopic (exact) mass is 233 g/mol. The van der Waals surface area contributed by atoms with Crippen molar-refractivity contribution in [3.8, 4) is 0 Å². The summed E-state index contributed by atoms with van der Waals surface area (Å²) in [5.74, 6) is 0.0300. The summed E-state index contributed by atoms with van der Waals surface area (Å²) in [6.07, 6.45) is 4.26. The highest BCUT2D eigenvalue weighted by molar-refractivity contribution is 6.30. The minimum atomic E-state index is -0.497. The van der Waals surface area contributed by atoms with Crippen molar-refractivity contribution in [2.45, 2.75) is 6.42 Å². The number of allylic oxidation sites excluding steroid dienone is 1. The van der Waals surface area contributed by atoms with E-state index in [1.54, 1.807) is 12.1 Å². The Morgan fingerprint density at radius 1 is 1.43 bits per heavy atom. The topological polar surface area (TPSA) is 26.0 Å².